The Kier molecular flexibility index (Phi) is 3.31. The summed E-state index contributed by atoms with van der Waals surface area (Å²) in [6.07, 6.45) is 1.65. The first kappa shape index (κ1) is 13.2. The van der Waals surface area contributed by atoms with Crippen LogP contribution in [-0.4, -0.2) is 27.7 Å². The van der Waals surface area contributed by atoms with Gasteiger partial charge in [0, 0.05) is 22.7 Å². The van der Waals surface area contributed by atoms with Crippen molar-refractivity contribution in [1.82, 2.24) is 9.55 Å². The fourth-order valence-electron chi connectivity index (χ4n) is 2.46. The summed E-state index contributed by atoms with van der Waals surface area (Å²) in [7, 11) is 1.55. The largest absolute Gasteiger partial charge is 0.481 e. The average Bonchev–Trinajstić information content (AvgIpc) is 2.87. The first-order valence-corrected chi connectivity index (χ1v) is 6.50. The molecule has 5 nitrogen and oxygen atoms in total. The number of rotatable bonds is 4. The number of ether oxygens (including phenoxy) is 1. The second-order valence-electron chi connectivity index (χ2n) is 4.65. The molecule has 0 aliphatic rings. The van der Waals surface area contributed by atoms with E-state index >= 15 is 0 Å². The highest BCUT2D eigenvalue weighted by molar-refractivity contribution is 5.94. The van der Waals surface area contributed by atoms with E-state index in [1.165, 1.54) is 0 Å². The molecule has 0 bridgehead atoms. The van der Waals surface area contributed by atoms with E-state index in [1.54, 1.807) is 23.9 Å². The van der Waals surface area contributed by atoms with Gasteiger partial charge in [0.2, 0.25) is 5.88 Å². The lowest BCUT2D eigenvalue weighted by molar-refractivity contribution is 0.0686. The molecule has 0 spiro atoms. The molecule has 3 aromatic rings. The number of para-hydroxylation sites is 1. The molecule has 0 atom stereocenters. The van der Waals surface area contributed by atoms with Crippen LogP contribution < -0.4 is 4.74 Å². The minimum atomic E-state index is -0.950. The van der Waals surface area contributed by atoms with Crippen LogP contribution in [0.3, 0.4) is 0 Å². The highest BCUT2D eigenvalue weighted by Crippen LogP contribution is 2.23. The van der Waals surface area contributed by atoms with Crippen LogP contribution in [0.5, 0.6) is 5.88 Å². The van der Waals surface area contributed by atoms with Gasteiger partial charge in [-0.15, -0.1) is 0 Å². The predicted molar refractivity (Wildman–Crippen MR) is 78.8 cm³/mol. The van der Waals surface area contributed by atoms with Crippen LogP contribution in [0.2, 0.25) is 0 Å². The normalized spacial score (nSPS) is 10.7. The molecule has 3 rings (SSSR count). The quantitative estimate of drug-likeness (QED) is 0.799. The van der Waals surface area contributed by atoms with Gasteiger partial charge >= 0.3 is 5.97 Å². The fourth-order valence-corrected chi connectivity index (χ4v) is 2.46. The third-order valence-electron chi connectivity index (χ3n) is 3.40. The number of benzene rings is 1. The Labute approximate surface area is 121 Å². The molecular weight excluding hydrogens is 268 g/mol. The molecule has 0 fully saturated rings. The van der Waals surface area contributed by atoms with Crippen molar-refractivity contribution in [2.24, 2.45) is 0 Å². The van der Waals surface area contributed by atoms with Crippen LogP contribution in [0.25, 0.3) is 10.9 Å². The number of carboxylic acid groups (broad SMARTS) is 1. The number of carboxylic acids is 1. The van der Waals surface area contributed by atoms with Crippen LogP contribution in [-0.2, 0) is 6.54 Å². The highest BCUT2D eigenvalue weighted by atomic mass is 16.5. The Morgan fingerprint density at radius 2 is 2.10 bits per heavy atom. The van der Waals surface area contributed by atoms with Gasteiger partial charge in [-0.1, -0.05) is 24.3 Å². The third kappa shape index (κ3) is 2.33. The monoisotopic (exact) mass is 282 g/mol. The number of hydrogen-bond donors (Lipinski definition) is 1. The van der Waals surface area contributed by atoms with Gasteiger partial charge in [-0.2, -0.15) is 0 Å². The van der Waals surface area contributed by atoms with Crippen molar-refractivity contribution in [3.05, 3.63) is 59.9 Å². The molecule has 0 radical (unpaired) electrons. The molecular formula is C16H14N2O3. The van der Waals surface area contributed by atoms with Gasteiger partial charge in [0.15, 0.2) is 0 Å². The third-order valence-corrected chi connectivity index (χ3v) is 3.40. The van der Waals surface area contributed by atoms with Crippen LogP contribution in [0.4, 0.5) is 0 Å². The van der Waals surface area contributed by atoms with Crippen molar-refractivity contribution in [2.45, 2.75) is 6.54 Å². The van der Waals surface area contributed by atoms with E-state index in [2.05, 4.69) is 4.98 Å². The summed E-state index contributed by atoms with van der Waals surface area (Å²) >= 11 is 0. The zero-order chi connectivity index (χ0) is 14.8. The van der Waals surface area contributed by atoms with Crippen molar-refractivity contribution in [3.8, 4) is 5.88 Å². The van der Waals surface area contributed by atoms with Crippen LogP contribution in [0, 0.1) is 0 Å². The lowest BCUT2D eigenvalue weighted by Crippen LogP contribution is -2.10. The summed E-state index contributed by atoms with van der Waals surface area (Å²) in [4.78, 5) is 15.6. The van der Waals surface area contributed by atoms with Crippen molar-refractivity contribution >= 4 is 16.9 Å². The number of fused-ring (bicyclic) bond motifs is 1. The molecule has 0 aliphatic heterocycles. The van der Waals surface area contributed by atoms with Gasteiger partial charge < -0.3 is 14.4 Å². The molecule has 0 aliphatic carbocycles. The van der Waals surface area contributed by atoms with Crippen molar-refractivity contribution in [2.75, 3.05) is 7.11 Å². The average molecular weight is 282 g/mol. The van der Waals surface area contributed by atoms with E-state index in [-0.39, 0.29) is 5.69 Å². The predicted octanol–water partition coefficient (Wildman–Crippen LogP) is 2.79. The van der Waals surface area contributed by atoms with Crippen LogP contribution in [0.1, 0.15) is 16.1 Å². The first-order valence-electron chi connectivity index (χ1n) is 6.50. The lowest BCUT2D eigenvalue weighted by atomic mass is 10.2. The first-order chi connectivity index (χ1) is 10.2. The summed E-state index contributed by atoms with van der Waals surface area (Å²) in [5, 5.41) is 10.3. The standard InChI is InChI=1S/C16H14N2O3/c1-21-15-12(6-4-8-17-15)10-18-13-7-3-2-5-11(13)9-14(18)16(19)20/h2-9H,10H2,1H3,(H,19,20). The number of aromatic nitrogens is 2. The van der Waals surface area contributed by atoms with Gasteiger partial charge in [-0.05, 0) is 18.2 Å². The summed E-state index contributed by atoms with van der Waals surface area (Å²) in [6.45, 7) is 0.395. The highest BCUT2D eigenvalue weighted by Gasteiger charge is 2.16. The minimum absolute atomic E-state index is 0.252. The topological polar surface area (TPSA) is 64.4 Å². The van der Waals surface area contributed by atoms with E-state index in [9.17, 15) is 9.90 Å². The molecule has 2 aromatic heterocycles. The van der Waals surface area contributed by atoms with E-state index in [4.69, 9.17) is 4.74 Å². The number of pyridine rings is 1. The zero-order valence-corrected chi connectivity index (χ0v) is 11.5. The molecule has 0 saturated carbocycles. The molecule has 106 valence electrons. The maximum Gasteiger partial charge on any atom is 0.352 e. The smallest absolute Gasteiger partial charge is 0.352 e. The van der Waals surface area contributed by atoms with E-state index in [0.717, 1.165) is 16.5 Å². The van der Waals surface area contributed by atoms with E-state index < -0.39 is 5.97 Å². The zero-order valence-electron chi connectivity index (χ0n) is 11.5. The molecule has 1 N–H and O–H groups in total. The lowest BCUT2D eigenvalue weighted by Gasteiger charge is -2.11. The molecule has 2 heterocycles. The second-order valence-corrected chi connectivity index (χ2v) is 4.65. The fraction of sp³-hybridized carbons (Fsp3) is 0.125. The summed E-state index contributed by atoms with van der Waals surface area (Å²) in [5.74, 6) is -0.444. The number of methoxy groups -OCH3 is 1. The Morgan fingerprint density at radius 1 is 1.29 bits per heavy atom. The van der Waals surface area contributed by atoms with Crippen molar-refractivity contribution in [3.63, 3.8) is 0 Å². The molecule has 0 unspecified atom stereocenters. The van der Waals surface area contributed by atoms with E-state index in [1.807, 2.05) is 36.4 Å². The maximum atomic E-state index is 11.5. The molecule has 0 amide bonds. The number of carbonyl (C=O) groups is 1. The minimum Gasteiger partial charge on any atom is -0.481 e. The maximum absolute atomic E-state index is 11.5. The van der Waals surface area contributed by atoms with Gasteiger partial charge in [-0.3, -0.25) is 0 Å². The second kappa shape index (κ2) is 5.28. The molecule has 21 heavy (non-hydrogen) atoms. The molecule has 0 saturated heterocycles. The van der Waals surface area contributed by atoms with Gasteiger partial charge in [-0.25, -0.2) is 9.78 Å². The number of aromatic carboxylic acids is 1. The Morgan fingerprint density at radius 3 is 2.86 bits per heavy atom. The van der Waals surface area contributed by atoms with Crippen molar-refractivity contribution in [1.29, 1.82) is 0 Å². The Balaban J connectivity index is 2.15. The number of nitrogens with zero attached hydrogens (tertiary/aromatic N) is 2. The van der Waals surface area contributed by atoms with Gasteiger partial charge in [0.05, 0.1) is 13.7 Å². The summed E-state index contributed by atoms with van der Waals surface area (Å²) in [5.41, 5.74) is 1.96. The van der Waals surface area contributed by atoms with Crippen molar-refractivity contribution < 1.29 is 14.6 Å². The van der Waals surface area contributed by atoms with Gasteiger partial charge in [0.1, 0.15) is 5.69 Å². The summed E-state index contributed by atoms with van der Waals surface area (Å²) < 4.78 is 7.00. The Hall–Kier alpha value is -2.82. The van der Waals surface area contributed by atoms with Crippen LogP contribution >= 0.6 is 0 Å². The van der Waals surface area contributed by atoms with E-state index in [0.29, 0.717) is 12.4 Å². The Bertz CT molecular complexity index is 808. The van der Waals surface area contributed by atoms with Crippen LogP contribution in [0.15, 0.2) is 48.7 Å². The SMILES string of the molecule is COc1ncccc1Cn1c(C(=O)O)cc2ccccc21. The number of hydrogen-bond acceptors (Lipinski definition) is 3. The summed E-state index contributed by atoms with van der Waals surface area (Å²) in [6, 6.07) is 13.0. The molecule has 1 aromatic carbocycles. The van der Waals surface area contributed by atoms with Gasteiger partial charge in [0.25, 0.3) is 0 Å². The molecule has 5 heteroatoms.